The van der Waals surface area contributed by atoms with Crippen LogP contribution in [0, 0.1) is 12.7 Å². The van der Waals surface area contributed by atoms with Crippen LogP contribution in [-0.4, -0.2) is 9.38 Å². The van der Waals surface area contributed by atoms with Gasteiger partial charge in [0.05, 0.1) is 0 Å². The molecule has 2 aromatic heterocycles. The van der Waals surface area contributed by atoms with Crippen LogP contribution in [0.3, 0.4) is 0 Å². The normalized spacial score (nSPS) is 11.0. The molecular weight excluding hydrogens is 313 g/mol. The third kappa shape index (κ3) is 2.87. The number of aromatic nitrogens is 2. The fourth-order valence-corrected chi connectivity index (χ4v) is 3.04. The van der Waals surface area contributed by atoms with E-state index >= 15 is 0 Å². The number of nitrogens with one attached hydrogen (secondary N) is 1. The van der Waals surface area contributed by atoms with E-state index in [1.165, 1.54) is 6.07 Å². The first kappa shape index (κ1) is 15.4. The van der Waals surface area contributed by atoms with Crippen molar-refractivity contribution in [2.24, 2.45) is 0 Å². The maximum atomic E-state index is 14.4. The van der Waals surface area contributed by atoms with Crippen molar-refractivity contribution in [1.82, 2.24) is 9.38 Å². The van der Waals surface area contributed by atoms with Crippen molar-refractivity contribution >= 4 is 11.5 Å². The zero-order valence-electron chi connectivity index (χ0n) is 13.9. The van der Waals surface area contributed by atoms with Gasteiger partial charge in [-0.3, -0.25) is 4.40 Å². The van der Waals surface area contributed by atoms with E-state index in [0.29, 0.717) is 17.8 Å². The smallest absolute Gasteiger partial charge is 0.139 e. The minimum Gasteiger partial charge on any atom is -0.365 e. The van der Waals surface area contributed by atoms with Crippen LogP contribution in [-0.2, 0) is 6.54 Å². The standard InChI is InChI=1S/C21H18FN3/c1-15-8-7-13-19-24-20(17-11-5-6-12-18(17)22)21(25(15)19)23-14-16-9-3-2-4-10-16/h2-13,23H,14H2,1H3. The summed E-state index contributed by atoms with van der Waals surface area (Å²) in [5.74, 6) is 0.536. The van der Waals surface area contributed by atoms with Gasteiger partial charge in [0.2, 0.25) is 0 Å². The topological polar surface area (TPSA) is 29.3 Å². The number of fused-ring (bicyclic) bond motifs is 1. The summed E-state index contributed by atoms with van der Waals surface area (Å²) in [5, 5.41) is 3.45. The predicted molar refractivity (Wildman–Crippen MR) is 99.1 cm³/mol. The summed E-state index contributed by atoms with van der Waals surface area (Å²) in [6.07, 6.45) is 0. The Morgan fingerprint density at radius 2 is 1.68 bits per heavy atom. The summed E-state index contributed by atoms with van der Waals surface area (Å²) >= 11 is 0. The number of halogens is 1. The fourth-order valence-electron chi connectivity index (χ4n) is 3.04. The highest BCUT2D eigenvalue weighted by molar-refractivity contribution is 5.77. The van der Waals surface area contributed by atoms with Crippen LogP contribution in [0.2, 0.25) is 0 Å². The summed E-state index contributed by atoms with van der Waals surface area (Å²) < 4.78 is 16.4. The SMILES string of the molecule is Cc1cccc2nc(-c3ccccc3F)c(NCc3ccccc3)n12. The molecule has 25 heavy (non-hydrogen) atoms. The van der Waals surface area contributed by atoms with Gasteiger partial charge in [-0.25, -0.2) is 9.37 Å². The van der Waals surface area contributed by atoms with Gasteiger partial charge in [-0.1, -0.05) is 48.5 Å². The maximum absolute atomic E-state index is 14.4. The number of benzene rings is 2. The first-order valence-electron chi connectivity index (χ1n) is 8.25. The molecule has 0 atom stereocenters. The number of hydrogen-bond donors (Lipinski definition) is 1. The van der Waals surface area contributed by atoms with Crippen molar-refractivity contribution < 1.29 is 4.39 Å². The highest BCUT2D eigenvalue weighted by Crippen LogP contribution is 2.31. The first-order valence-corrected chi connectivity index (χ1v) is 8.25. The van der Waals surface area contributed by atoms with Gasteiger partial charge < -0.3 is 5.32 Å². The van der Waals surface area contributed by atoms with Gasteiger partial charge in [0.25, 0.3) is 0 Å². The number of hydrogen-bond acceptors (Lipinski definition) is 2. The molecule has 0 radical (unpaired) electrons. The molecule has 0 aliphatic rings. The lowest BCUT2D eigenvalue weighted by Crippen LogP contribution is -2.05. The lowest BCUT2D eigenvalue weighted by Gasteiger charge is -2.11. The number of anilines is 1. The quantitative estimate of drug-likeness (QED) is 0.566. The maximum Gasteiger partial charge on any atom is 0.139 e. The van der Waals surface area contributed by atoms with E-state index in [2.05, 4.69) is 22.4 Å². The highest BCUT2D eigenvalue weighted by atomic mass is 19.1. The van der Waals surface area contributed by atoms with Crippen LogP contribution in [0.15, 0.2) is 72.8 Å². The molecule has 2 heterocycles. The van der Waals surface area contributed by atoms with Crippen LogP contribution in [0.5, 0.6) is 0 Å². The molecule has 1 N–H and O–H groups in total. The number of nitrogens with zero attached hydrogens (tertiary/aromatic N) is 2. The van der Waals surface area contributed by atoms with E-state index in [0.717, 1.165) is 22.7 Å². The van der Waals surface area contributed by atoms with Crippen LogP contribution in [0.1, 0.15) is 11.3 Å². The van der Waals surface area contributed by atoms with Crippen molar-refractivity contribution in [3.05, 3.63) is 89.9 Å². The Labute approximate surface area is 145 Å². The molecule has 4 aromatic rings. The minimum atomic E-state index is -0.272. The molecule has 0 fully saturated rings. The molecule has 0 saturated heterocycles. The van der Waals surface area contributed by atoms with Crippen molar-refractivity contribution in [2.45, 2.75) is 13.5 Å². The molecule has 4 rings (SSSR count). The fraction of sp³-hybridized carbons (Fsp3) is 0.0952. The summed E-state index contributed by atoms with van der Waals surface area (Å²) in [6.45, 7) is 2.66. The van der Waals surface area contributed by atoms with Gasteiger partial charge in [0, 0.05) is 17.8 Å². The van der Waals surface area contributed by atoms with Gasteiger partial charge in [-0.15, -0.1) is 0 Å². The van der Waals surface area contributed by atoms with E-state index in [1.54, 1.807) is 12.1 Å². The van der Waals surface area contributed by atoms with Crippen LogP contribution >= 0.6 is 0 Å². The molecule has 0 saturated carbocycles. The summed E-state index contributed by atoms with van der Waals surface area (Å²) in [7, 11) is 0. The number of aryl methyl sites for hydroxylation is 1. The van der Waals surface area contributed by atoms with Crippen LogP contribution in [0.4, 0.5) is 10.2 Å². The van der Waals surface area contributed by atoms with Crippen LogP contribution < -0.4 is 5.32 Å². The Morgan fingerprint density at radius 3 is 2.48 bits per heavy atom. The van der Waals surface area contributed by atoms with Gasteiger partial charge in [-0.05, 0) is 36.8 Å². The summed E-state index contributed by atoms with van der Waals surface area (Å²) in [4.78, 5) is 4.68. The van der Waals surface area contributed by atoms with Gasteiger partial charge >= 0.3 is 0 Å². The lowest BCUT2D eigenvalue weighted by molar-refractivity contribution is 0.631. The Morgan fingerprint density at radius 1 is 0.920 bits per heavy atom. The molecular formula is C21H18FN3. The molecule has 0 amide bonds. The first-order chi connectivity index (χ1) is 12.2. The second-order valence-electron chi connectivity index (χ2n) is 5.99. The zero-order valence-corrected chi connectivity index (χ0v) is 13.9. The van der Waals surface area contributed by atoms with E-state index < -0.39 is 0 Å². The van der Waals surface area contributed by atoms with E-state index in [1.807, 2.05) is 53.8 Å². The molecule has 4 heteroatoms. The third-order valence-corrected chi connectivity index (χ3v) is 4.27. The highest BCUT2D eigenvalue weighted by Gasteiger charge is 2.17. The Balaban J connectivity index is 1.85. The van der Waals surface area contributed by atoms with Crippen molar-refractivity contribution in [2.75, 3.05) is 5.32 Å². The average Bonchev–Trinajstić information content (AvgIpc) is 3.01. The van der Waals surface area contributed by atoms with Gasteiger partial charge in [0.15, 0.2) is 0 Å². The molecule has 0 spiro atoms. The molecule has 124 valence electrons. The minimum absolute atomic E-state index is 0.272. The number of pyridine rings is 1. The third-order valence-electron chi connectivity index (χ3n) is 4.27. The molecule has 0 unspecified atom stereocenters. The Kier molecular flexibility index (Phi) is 3.94. The van der Waals surface area contributed by atoms with Crippen molar-refractivity contribution in [1.29, 1.82) is 0 Å². The number of imidazole rings is 1. The van der Waals surface area contributed by atoms with Gasteiger partial charge in [0.1, 0.15) is 23.0 Å². The molecule has 2 aromatic carbocycles. The molecule has 0 aliphatic heterocycles. The van der Waals surface area contributed by atoms with E-state index in [-0.39, 0.29) is 5.82 Å². The number of rotatable bonds is 4. The summed E-state index contributed by atoms with van der Waals surface area (Å²) in [5.41, 5.74) is 4.13. The Hall–Kier alpha value is -3.14. The van der Waals surface area contributed by atoms with E-state index in [4.69, 9.17) is 0 Å². The molecule has 3 nitrogen and oxygen atoms in total. The largest absolute Gasteiger partial charge is 0.365 e. The second kappa shape index (κ2) is 6.40. The molecule has 0 aliphatic carbocycles. The van der Waals surface area contributed by atoms with Crippen molar-refractivity contribution in [3.8, 4) is 11.3 Å². The lowest BCUT2D eigenvalue weighted by atomic mass is 10.1. The Bertz CT molecular complexity index is 1020. The van der Waals surface area contributed by atoms with Crippen LogP contribution in [0.25, 0.3) is 16.9 Å². The second-order valence-corrected chi connectivity index (χ2v) is 5.99. The predicted octanol–water partition coefficient (Wildman–Crippen LogP) is 5.06. The summed E-state index contributed by atoms with van der Waals surface area (Å²) in [6, 6.07) is 22.8. The molecule has 0 bridgehead atoms. The monoisotopic (exact) mass is 331 g/mol. The van der Waals surface area contributed by atoms with Gasteiger partial charge in [-0.2, -0.15) is 0 Å². The van der Waals surface area contributed by atoms with E-state index in [9.17, 15) is 4.39 Å². The van der Waals surface area contributed by atoms with Crippen molar-refractivity contribution in [3.63, 3.8) is 0 Å². The average molecular weight is 331 g/mol. The zero-order chi connectivity index (χ0) is 17.2.